The molecule has 0 bridgehead atoms. The highest BCUT2D eigenvalue weighted by atomic mass is 16.7. The Kier molecular flexibility index (Phi) is 9.05. The first-order valence-electron chi connectivity index (χ1n) is 10.4. The van der Waals surface area contributed by atoms with Crippen molar-refractivity contribution in [3.63, 3.8) is 0 Å². The van der Waals surface area contributed by atoms with E-state index in [9.17, 15) is 14.4 Å². The summed E-state index contributed by atoms with van der Waals surface area (Å²) < 4.78 is 10.4. The Morgan fingerprint density at radius 2 is 1.97 bits per heavy atom. The smallest absolute Gasteiger partial charge is 0.251 e. The Balaban J connectivity index is 1.69. The predicted molar refractivity (Wildman–Crippen MR) is 115 cm³/mol. The molecule has 0 heterocycles. The Bertz CT molecular complexity index is 771. The maximum absolute atomic E-state index is 12.3. The van der Waals surface area contributed by atoms with Crippen LogP contribution in [0.2, 0.25) is 0 Å². The molecular formula is C23H32N2O5. The van der Waals surface area contributed by atoms with Gasteiger partial charge in [-0.3, -0.25) is 14.4 Å². The van der Waals surface area contributed by atoms with Crippen LogP contribution < -0.4 is 10.6 Å². The second-order valence-electron chi connectivity index (χ2n) is 7.70. The minimum atomic E-state index is -0.340. The second kappa shape index (κ2) is 11.5. The first-order chi connectivity index (χ1) is 14.4. The summed E-state index contributed by atoms with van der Waals surface area (Å²) in [6.07, 6.45) is 3.98. The molecule has 164 valence electrons. The van der Waals surface area contributed by atoms with Crippen molar-refractivity contribution in [2.24, 2.45) is 5.41 Å². The van der Waals surface area contributed by atoms with Crippen molar-refractivity contribution < 1.29 is 23.9 Å². The molecule has 0 unspecified atom stereocenters. The summed E-state index contributed by atoms with van der Waals surface area (Å²) in [5.41, 5.74) is 0.687. The fourth-order valence-corrected chi connectivity index (χ4v) is 3.09. The number of rotatable bonds is 14. The third kappa shape index (κ3) is 7.63. The van der Waals surface area contributed by atoms with E-state index in [-0.39, 0.29) is 36.2 Å². The van der Waals surface area contributed by atoms with E-state index in [0.717, 1.165) is 32.1 Å². The fourth-order valence-electron chi connectivity index (χ4n) is 3.09. The van der Waals surface area contributed by atoms with Gasteiger partial charge in [0.15, 0.2) is 6.79 Å². The average molecular weight is 417 g/mol. The van der Waals surface area contributed by atoms with Crippen LogP contribution in [0.3, 0.4) is 0 Å². The van der Waals surface area contributed by atoms with Crippen LogP contribution >= 0.6 is 0 Å². The summed E-state index contributed by atoms with van der Waals surface area (Å²) in [5, 5.41) is 5.57. The van der Waals surface area contributed by atoms with E-state index in [0.29, 0.717) is 30.2 Å². The monoisotopic (exact) mass is 416 g/mol. The first kappa shape index (κ1) is 23.6. The van der Waals surface area contributed by atoms with Crippen LogP contribution in [-0.2, 0) is 19.1 Å². The van der Waals surface area contributed by atoms with Gasteiger partial charge in [0, 0.05) is 23.2 Å². The van der Waals surface area contributed by atoms with Gasteiger partial charge in [-0.15, -0.1) is 0 Å². The molecule has 1 aromatic rings. The quantitative estimate of drug-likeness (QED) is 0.208. The number of hydrogen-bond acceptors (Lipinski definition) is 5. The summed E-state index contributed by atoms with van der Waals surface area (Å²) in [6.45, 7) is 8.61. The molecule has 2 N–H and O–H groups in total. The first-order valence-corrected chi connectivity index (χ1v) is 10.4. The number of carbonyl (C=O) groups is 3. The minimum Gasteiger partial charge on any atom is -0.473 e. The molecule has 1 fully saturated rings. The standard InChI is InChI=1S/C23H32N2O5/c1-4-23(10-11-23)20(26)15-21(27)25-19-9-7-8-18(14-19)22(28)24-12-5-6-13-29-16-30-17(2)3/h7-9,14H,2,4-6,10-13,15-16H2,1,3H3,(H,24,28)(H,25,27). The molecule has 0 spiro atoms. The van der Waals surface area contributed by atoms with E-state index in [2.05, 4.69) is 17.2 Å². The topological polar surface area (TPSA) is 93.7 Å². The fraction of sp³-hybridized carbons (Fsp3) is 0.522. The number of amides is 2. The number of ketones is 1. The number of hydrogen-bond donors (Lipinski definition) is 2. The molecule has 1 aliphatic carbocycles. The van der Waals surface area contributed by atoms with E-state index in [1.165, 1.54) is 0 Å². The maximum Gasteiger partial charge on any atom is 0.251 e. The van der Waals surface area contributed by atoms with Crippen molar-refractivity contribution in [3.8, 4) is 0 Å². The van der Waals surface area contributed by atoms with Gasteiger partial charge in [-0.2, -0.15) is 0 Å². The maximum atomic E-state index is 12.3. The molecule has 0 radical (unpaired) electrons. The summed E-state index contributed by atoms with van der Waals surface area (Å²) in [5.74, 6) is 0.0659. The van der Waals surface area contributed by atoms with Gasteiger partial charge >= 0.3 is 0 Å². The van der Waals surface area contributed by atoms with E-state index >= 15 is 0 Å². The van der Waals surface area contributed by atoms with E-state index < -0.39 is 0 Å². The van der Waals surface area contributed by atoms with Gasteiger partial charge < -0.3 is 20.1 Å². The third-order valence-corrected chi connectivity index (χ3v) is 5.24. The predicted octanol–water partition coefficient (Wildman–Crippen LogP) is 3.81. The molecule has 0 aliphatic heterocycles. The van der Waals surface area contributed by atoms with E-state index in [1.807, 2.05) is 6.92 Å². The number of nitrogens with one attached hydrogen (secondary N) is 2. The van der Waals surface area contributed by atoms with Crippen molar-refractivity contribution in [1.82, 2.24) is 5.32 Å². The lowest BCUT2D eigenvalue weighted by Gasteiger charge is -2.11. The van der Waals surface area contributed by atoms with E-state index in [1.54, 1.807) is 31.2 Å². The molecular weight excluding hydrogens is 384 g/mol. The van der Waals surface area contributed by atoms with Gasteiger partial charge in [0.25, 0.3) is 5.91 Å². The van der Waals surface area contributed by atoms with E-state index in [4.69, 9.17) is 9.47 Å². The molecule has 1 saturated carbocycles. The van der Waals surface area contributed by atoms with Crippen molar-refractivity contribution >= 4 is 23.3 Å². The highest BCUT2D eigenvalue weighted by molar-refractivity contribution is 6.07. The van der Waals surface area contributed by atoms with Crippen LogP contribution in [0.5, 0.6) is 0 Å². The normalized spacial score (nSPS) is 13.9. The largest absolute Gasteiger partial charge is 0.473 e. The Labute approximate surface area is 178 Å². The zero-order valence-corrected chi connectivity index (χ0v) is 17.9. The molecule has 1 aliphatic rings. The number of Topliss-reactive ketones (excluding diaryl/α,β-unsaturated/α-hetero) is 1. The minimum absolute atomic E-state index is 0.00608. The van der Waals surface area contributed by atoms with Crippen LogP contribution in [0.25, 0.3) is 0 Å². The number of unbranched alkanes of at least 4 members (excludes halogenated alkanes) is 1. The molecule has 30 heavy (non-hydrogen) atoms. The van der Waals surface area contributed by atoms with Crippen molar-refractivity contribution in [3.05, 3.63) is 42.2 Å². The third-order valence-electron chi connectivity index (χ3n) is 5.24. The zero-order valence-electron chi connectivity index (χ0n) is 17.9. The molecule has 0 saturated heterocycles. The number of benzene rings is 1. The number of allylic oxidation sites excluding steroid dienone is 1. The molecule has 7 heteroatoms. The average Bonchev–Trinajstić information content (AvgIpc) is 3.51. The Hall–Kier alpha value is -2.67. The lowest BCUT2D eigenvalue weighted by atomic mass is 9.95. The van der Waals surface area contributed by atoms with Crippen LogP contribution in [0.15, 0.2) is 36.6 Å². The van der Waals surface area contributed by atoms with Crippen LogP contribution in [-0.4, -0.2) is 37.5 Å². The van der Waals surface area contributed by atoms with Gasteiger partial charge in [-0.1, -0.05) is 19.6 Å². The summed E-state index contributed by atoms with van der Waals surface area (Å²) >= 11 is 0. The van der Waals surface area contributed by atoms with Gasteiger partial charge in [-0.05, 0) is 57.2 Å². The lowest BCUT2D eigenvalue weighted by molar-refractivity contribution is -0.129. The van der Waals surface area contributed by atoms with Gasteiger partial charge in [0.1, 0.15) is 5.78 Å². The molecule has 0 aromatic heterocycles. The van der Waals surface area contributed by atoms with Crippen molar-refractivity contribution in [2.45, 2.75) is 52.4 Å². The van der Waals surface area contributed by atoms with Gasteiger partial charge in [0.05, 0.1) is 18.8 Å². The number of carbonyl (C=O) groups excluding carboxylic acids is 3. The highest BCUT2D eigenvalue weighted by Crippen LogP contribution is 2.50. The van der Waals surface area contributed by atoms with Gasteiger partial charge in [-0.25, -0.2) is 0 Å². The van der Waals surface area contributed by atoms with Crippen LogP contribution in [0.1, 0.15) is 62.7 Å². The van der Waals surface area contributed by atoms with Crippen LogP contribution in [0.4, 0.5) is 5.69 Å². The highest BCUT2D eigenvalue weighted by Gasteiger charge is 2.47. The Morgan fingerprint density at radius 3 is 2.63 bits per heavy atom. The molecule has 7 nitrogen and oxygen atoms in total. The molecule has 0 atom stereocenters. The lowest BCUT2D eigenvalue weighted by Crippen LogP contribution is -2.25. The molecule has 2 amide bonds. The number of ether oxygens (including phenoxy) is 2. The van der Waals surface area contributed by atoms with Gasteiger partial charge in [0.2, 0.25) is 5.91 Å². The number of anilines is 1. The summed E-state index contributed by atoms with van der Waals surface area (Å²) in [6, 6.07) is 6.71. The molecule has 1 aromatic carbocycles. The van der Waals surface area contributed by atoms with Crippen molar-refractivity contribution in [1.29, 1.82) is 0 Å². The second-order valence-corrected chi connectivity index (χ2v) is 7.70. The summed E-state index contributed by atoms with van der Waals surface area (Å²) in [4.78, 5) is 36.8. The van der Waals surface area contributed by atoms with Crippen LogP contribution in [0, 0.1) is 5.41 Å². The molecule has 2 rings (SSSR count). The summed E-state index contributed by atoms with van der Waals surface area (Å²) in [7, 11) is 0. The Morgan fingerprint density at radius 1 is 1.20 bits per heavy atom. The SMILES string of the molecule is C=C(C)OCOCCCCNC(=O)c1cccc(NC(=O)CC(=O)C2(CC)CC2)c1. The van der Waals surface area contributed by atoms with Crippen molar-refractivity contribution in [2.75, 3.05) is 25.3 Å². The zero-order chi connectivity index (χ0) is 22.0.